The number of rotatable bonds is 7. The van der Waals surface area contributed by atoms with Gasteiger partial charge in [0, 0.05) is 15.2 Å². The normalized spacial score (nSPS) is 10.9. The van der Waals surface area contributed by atoms with Gasteiger partial charge in [0.05, 0.1) is 0 Å². The summed E-state index contributed by atoms with van der Waals surface area (Å²) in [6.45, 7) is 0. The van der Waals surface area contributed by atoms with Crippen molar-refractivity contribution >= 4 is 23.5 Å². The Balaban J connectivity index is 1.60. The van der Waals surface area contributed by atoms with Gasteiger partial charge in [-0.1, -0.05) is 23.5 Å². The lowest BCUT2D eigenvalue weighted by molar-refractivity contribution is -0.229. The molecule has 0 unspecified atom stereocenters. The van der Waals surface area contributed by atoms with Gasteiger partial charge >= 0.3 is 0 Å². The highest BCUT2D eigenvalue weighted by molar-refractivity contribution is 8.02. The Bertz CT molecular complexity index is 567. The van der Waals surface area contributed by atoms with E-state index in [1.165, 1.54) is 29.8 Å². The molecular weight excluding hydrogens is 308 g/mol. The van der Waals surface area contributed by atoms with Crippen molar-refractivity contribution in [1.82, 2.24) is 0 Å². The van der Waals surface area contributed by atoms with E-state index in [-0.39, 0.29) is 11.5 Å². The van der Waals surface area contributed by atoms with Crippen LogP contribution in [0.2, 0.25) is 0 Å². The van der Waals surface area contributed by atoms with Crippen molar-refractivity contribution in [2.24, 2.45) is 0 Å². The second-order valence-corrected chi connectivity index (χ2v) is 5.83. The van der Waals surface area contributed by atoms with E-state index in [1.54, 1.807) is 41.8 Å². The summed E-state index contributed by atoms with van der Waals surface area (Å²) in [6.07, 6.45) is 1.45. The number of thioether (sulfide) groups is 2. The smallest absolute Gasteiger partial charge is 0.144 e. The number of hydrogen-bond donors (Lipinski definition) is 2. The topological polar surface area (TPSA) is 58.9 Å². The van der Waals surface area contributed by atoms with Crippen LogP contribution >= 0.6 is 23.5 Å². The zero-order chi connectivity index (χ0) is 14.9. The van der Waals surface area contributed by atoms with E-state index in [0.29, 0.717) is 5.94 Å². The fourth-order valence-corrected chi connectivity index (χ4v) is 2.47. The van der Waals surface area contributed by atoms with E-state index in [2.05, 4.69) is 0 Å². The molecule has 2 aromatic rings. The third-order valence-electron chi connectivity index (χ3n) is 2.33. The summed E-state index contributed by atoms with van der Waals surface area (Å²) in [6, 6.07) is 13.7. The Hall–Kier alpha value is -1.76. The minimum atomic E-state index is 0.241. The Morgan fingerprint density at radius 2 is 1.43 bits per heavy atom. The fourth-order valence-electron chi connectivity index (χ4n) is 1.36. The van der Waals surface area contributed by atoms with E-state index in [9.17, 15) is 0 Å². The summed E-state index contributed by atoms with van der Waals surface area (Å²) >= 11 is 2.91. The van der Waals surface area contributed by atoms with Gasteiger partial charge in [-0.15, -0.1) is 0 Å². The molecule has 0 aliphatic carbocycles. The van der Waals surface area contributed by atoms with Gasteiger partial charge in [-0.25, -0.2) is 0 Å². The summed E-state index contributed by atoms with van der Waals surface area (Å²) in [5, 5.41) is 20.0. The average Bonchev–Trinajstić information content (AvgIpc) is 2.50. The first-order chi connectivity index (χ1) is 10.2. The van der Waals surface area contributed by atoms with E-state index in [4.69, 9.17) is 20.0 Å². The second-order valence-electron chi connectivity index (χ2n) is 3.85. The second kappa shape index (κ2) is 8.51. The van der Waals surface area contributed by atoms with Gasteiger partial charge in [0.1, 0.15) is 23.7 Å². The summed E-state index contributed by atoms with van der Waals surface area (Å²) in [5.74, 6) is 0.832. The Morgan fingerprint density at radius 3 is 2.05 bits per heavy atom. The number of benzene rings is 2. The summed E-state index contributed by atoms with van der Waals surface area (Å²) in [5.41, 5.74) is 0. The van der Waals surface area contributed by atoms with Crippen LogP contribution < -0.4 is 0 Å². The molecular formula is C15H14O4S2. The minimum Gasteiger partial charge on any atom is -0.508 e. The first kappa shape index (κ1) is 15.6. The highest BCUT2D eigenvalue weighted by atomic mass is 32.2. The summed E-state index contributed by atoms with van der Waals surface area (Å²) < 4.78 is 0. The molecule has 2 rings (SSSR count). The maximum atomic E-state index is 9.15. The molecule has 0 fully saturated rings. The summed E-state index contributed by atoms with van der Waals surface area (Å²) in [7, 11) is 0. The van der Waals surface area contributed by atoms with Crippen LogP contribution in [0.1, 0.15) is 0 Å². The third kappa shape index (κ3) is 6.03. The van der Waals surface area contributed by atoms with Crippen molar-refractivity contribution < 1.29 is 20.0 Å². The molecule has 0 atom stereocenters. The van der Waals surface area contributed by atoms with Crippen LogP contribution in [0.15, 0.2) is 70.0 Å². The molecule has 0 aromatic heterocycles. The molecule has 0 aliphatic heterocycles. The van der Waals surface area contributed by atoms with Gasteiger partial charge in [0.15, 0.2) is 0 Å². The zero-order valence-electron chi connectivity index (χ0n) is 11.0. The molecule has 4 nitrogen and oxygen atoms in total. The van der Waals surface area contributed by atoms with Crippen molar-refractivity contribution in [2.75, 3.05) is 5.94 Å². The molecule has 6 heteroatoms. The maximum Gasteiger partial charge on any atom is 0.144 e. The van der Waals surface area contributed by atoms with Crippen LogP contribution in [0.25, 0.3) is 0 Å². The predicted octanol–water partition coefficient (Wildman–Crippen LogP) is 4.36. The Morgan fingerprint density at radius 1 is 0.857 bits per heavy atom. The predicted molar refractivity (Wildman–Crippen MR) is 84.1 cm³/mol. The first-order valence-electron chi connectivity index (χ1n) is 6.05. The molecule has 0 amide bonds. The summed E-state index contributed by atoms with van der Waals surface area (Å²) in [4.78, 5) is 11.9. The van der Waals surface area contributed by atoms with Crippen molar-refractivity contribution in [1.29, 1.82) is 0 Å². The largest absolute Gasteiger partial charge is 0.508 e. The van der Waals surface area contributed by atoms with Gasteiger partial charge in [-0.05, 0) is 48.5 Å². The number of phenols is 2. The monoisotopic (exact) mass is 322 g/mol. The van der Waals surface area contributed by atoms with Crippen molar-refractivity contribution in [2.45, 2.75) is 9.79 Å². The lowest BCUT2D eigenvalue weighted by Crippen LogP contribution is -1.86. The first-order valence-corrected chi connectivity index (χ1v) is 7.91. The molecule has 2 N–H and O–H groups in total. The fraction of sp³-hybridized carbons (Fsp3) is 0.0667. The van der Waals surface area contributed by atoms with E-state index in [1.807, 2.05) is 12.1 Å². The molecule has 0 radical (unpaired) electrons. The maximum absolute atomic E-state index is 9.15. The number of aromatic hydroxyl groups is 2. The molecule has 0 saturated heterocycles. The molecule has 110 valence electrons. The van der Waals surface area contributed by atoms with E-state index in [0.717, 1.165) is 9.79 Å². The molecule has 0 saturated carbocycles. The molecule has 2 aromatic carbocycles. The zero-order valence-corrected chi connectivity index (χ0v) is 12.6. The van der Waals surface area contributed by atoms with Crippen molar-refractivity contribution in [3.63, 3.8) is 0 Å². The average molecular weight is 322 g/mol. The van der Waals surface area contributed by atoms with E-state index < -0.39 is 0 Å². The van der Waals surface area contributed by atoms with Gasteiger partial charge in [-0.2, -0.15) is 4.89 Å². The van der Waals surface area contributed by atoms with Crippen LogP contribution in [0, 0.1) is 0 Å². The van der Waals surface area contributed by atoms with Crippen LogP contribution in [-0.4, -0.2) is 16.2 Å². The van der Waals surface area contributed by atoms with E-state index >= 15 is 0 Å². The van der Waals surface area contributed by atoms with Crippen LogP contribution in [-0.2, 0) is 9.78 Å². The highest BCUT2D eigenvalue weighted by Crippen LogP contribution is 2.22. The Labute approximate surface area is 131 Å². The minimum absolute atomic E-state index is 0.241. The van der Waals surface area contributed by atoms with Crippen LogP contribution in [0.4, 0.5) is 0 Å². The van der Waals surface area contributed by atoms with Gasteiger partial charge < -0.3 is 15.1 Å². The number of hydrogen-bond acceptors (Lipinski definition) is 6. The Kier molecular flexibility index (Phi) is 6.33. The van der Waals surface area contributed by atoms with Crippen LogP contribution in [0.5, 0.6) is 11.5 Å². The SMILES string of the molecule is Oc1ccc(SC=COOCSc2ccc(O)cc2)cc1. The van der Waals surface area contributed by atoms with Crippen molar-refractivity contribution in [3.05, 3.63) is 60.2 Å². The van der Waals surface area contributed by atoms with Gasteiger partial charge in [-0.3, -0.25) is 0 Å². The van der Waals surface area contributed by atoms with Gasteiger partial charge in [0.25, 0.3) is 0 Å². The standard InChI is InChI=1S/C15H14O4S2/c16-12-1-5-14(6-2-12)20-10-9-18-19-11-21-15-7-3-13(17)4-8-15/h1-10,16-17H,11H2. The lowest BCUT2D eigenvalue weighted by atomic mass is 10.3. The van der Waals surface area contributed by atoms with Crippen LogP contribution in [0.3, 0.4) is 0 Å². The molecule has 0 heterocycles. The molecule has 0 bridgehead atoms. The number of phenolic OH excluding ortho intramolecular Hbond substituents is 2. The molecule has 0 aliphatic rings. The van der Waals surface area contributed by atoms with Crippen molar-refractivity contribution in [3.8, 4) is 11.5 Å². The van der Waals surface area contributed by atoms with Gasteiger partial charge in [0.2, 0.25) is 0 Å². The lowest BCUT2D eigenvalue weighted by Gasteiger charge is -2.01. The molecule has 0 spiro atoms. The quantitative estimate of drug-likeness (QED) is 0.197. The third-order valence-corrected chi connectivity index (χ3v) is 3.94. The molecule has 21 heavy (non-hydrogen) atoms. The highest BCUT2D eigenvalue weighted by Gasteiger charge is 1.95.